The van der Waals surface area contributed by atoms with Gasteiger partial charge in [0.15, 0.2) is 0 Å². The highest BCUT2D eigenvalue weighted by molar-refractivity contribution is 6.14. The SMILES string of the molecule is O=C(CCCCCC(C(=O)Nc1cccc2cccnc12)C(=O)Nc1cccc2cccnc12)NO.O=C(CCCCCC(NC(=O)OCc1ccccc1)C(=O)Nc1cccc2cccnc12)NO. The van der Waals surface area contributed by atoms with E-state index in [2.05, 4.69) is 36.2 Å². The van der Waals surface area contributed by atoms with Crippen LogP contribution >= 0.6 is 0 Å². The Labute approximate surface area is 403 Å². The first-order valence-electron chi connectivity index (χ1n) is 22.9. The van der Waals surface area contributed by atoms with Crippen molar-refractivity contribution in [2.24, 2.45) is 5.92 Å². The lowest BCUT2D eigenvalue weighted by Crippen LogP contribution is -2.44. The predicted molar refractivity (Wildman–Crippen MR) is 264 cm³/mol. The summed E-state index contributed by atoms with van der Waals surface area (Å²) in [6, 6.07) is 36.0. The van der Waals surface area contributed by atoms with Crippen molar-refractivity contribution in [2.45, 2.75) is 76.9 Å². The molecule has 7 rings (SSSR count). The molecule has 0 saturated heterocycles. The number of amides is 6. The number of alkyl carbamates (subject to hydrolysis) is 1. The van der Waals surface area contributed by atoms with Crippen LogP contribution in [0.3, 0.4) is 0 Å². The van der Waals surface area contributed by atoms with E-state index in [0.717, 1.165) is 21.7 Å². The number of unbranched alkanes of at least 4 members (excludes halogenated alkanes) is 4. The molecule has 0 aliphatic carbocycles. The minimum Gasteiger partial charge on any atom is -0.445 e. The van der Waals surface area contributed by atoms with E-state index in [0.29, 0.717) is 78.6 Å². The molecule has 0 aliphatic heterocycles. The monoisotopic (exact) mass is 949 g/mol. The molecule has 0 spiro atoms. The minimum atomic E-state index is -0.977. The zero-order valence-electron chi connectivity index (χ0n) is 38.3. The van der Waals surface area contributed by atoms with Gasteiger partial charge in [-0.05, 0) is 67.6 Å². The molecule has 0 bridgehead atoms. The summed E-state index contributed by atoms with van der Waals surface area (Å²) in [4.78, 5) is 87.7. The molecule has 0 aliphatic rings. The first kappa shape index (κ1) is 51.0. The predicted octanol–water partition coefficient (Wildman–Crippen LogP) is 8.36. The summed E-state index contributed by atoms with van der Waals surface area (Å²) in [6.07, 6.45) is 8.73. The smallest absolute Gasteiger partial charge is 0.408 e. The Balaban J connectivity index is 0.000000230. The summed E-state index contributed by atoms with van der Waals surface area (Å²) in [5.74, 6) is -3.16. The maximum absolute atomic E-state index is 13.4. The van der Waals surface area contributed by atoms with Gasteiger partial charge in [0, 0.05) is 47.6 Å². The van der Waals surface area contributed by atoms with Gasteiger partial charge < -0.3 is 26.0 Å². The van der Waals surface area contributed by atoms with Crippen LogP contribution in [0.2, 0.25) is 0 Å². The zero-order chi connectivity index (χ0) is 49.5. The Bertz CT molecular complexity index is 2780. The number of rotatable bonds is 21. The first-order valence-corrected chi connectivity index (χ1v) is 22.9. The lowest BCUT2D eigenvalue weighted by Gasteiger charge is -2.19. The Kier molecular flexibility index (Phi) is 19.6. The fourth-order valence-electron chi connectivity index (χ4n) is 7.57. The van der Waals surface area contributed by atoms with Crippen molar-refractivity contribution in [3.63, 3.8) is 0 Å². The zero-order valence-corrected chi connectivity index (χ0v) is 38.3. The molecular weight excluding hydrogens is 895 g/mol. The number of para-hydroxylation sites is 3. The highest BCUT2D eigenvalue weighted by Gasteiger charge is 2.28. The molecular formula is C52H55N9O9. The molecule has 3 heterocycles. The summed E-state index contributed by atoms with van der Waals surface area (Å²) in [5.41, 5.74) is 7.58. The maximum atomic E-state index is 13.4. The van der Waals surface area contributed by atoms with Crippen LogP contribution < -0.4 is 32.2 Å². The van der Waals surface area contributed by atoms with Gasteiger partial charge in [0.05, 0.1) is 33.6 Å². The number of hydroxylamine groups is 2. The quantitative estimate of drug-likeness (QED) is 0.0146. The second-order valence-electron chi connectivity index (χ2n) is 16.2. The number of hydrogen-bond acceptors (Lipinski definition) is 12. The molecule has 1 unspecified atom stereocenters. The van der Waals surface area contributed by atoms with Crippen LogP contribution in [0.4, 0.5) is 21.9 Å². The number of nitrogens with zero attached hydrogens (tertiary/aromatic N) is 3. The number of ether oxygens (including phenoxy) is 1. The van der Waals surface area contributed by atoms with Gasteiger partial charge in [0.25, 0.3) is 0 Å². The average Bonchev–Trinajstić information content (AvgIpc) is 3.39. The van der Waals surface area contributed by atoms with Gasteiger partial charge in [0.2, 0.25) is 29.5 Å². The van der Waals surface area contributed by atoms with E-state index in [1.165, 1.54) is 0 Å². The lowest BCUT2D eigenvalue weighted by molar-refractivity contribution is -0.131. The van der Waals surface area contributed by atoms with E-state index >= 15 is 0 Å². The molecule has 18 nitrogen and oxygen atoms in total. The van der Waals surface area contributed by atoms with E-state index in [4.69, 9.17) is 15.2 Å². The molecule has 0 fully saturated rings. The standard InChI is InChI=1S/C27H27N5O4.C25H28N4O5/c33-23(32-36)15-3-1-2-12-20(26(34)30-21-13-4-8-18-10-6-16-28-24(18)21)27(35)31-22-14-5-9-19-11-7-17-29-25(19)22;30-22(29-33)15-6-2-5-13-21(28-25(32)34-17-18-9-3-1-4-10-18)24(31)27-20-14-7-11-19-12-8-16-26-23(19)20/h4-11,13-14,16-17,20,36H,1-3,12,15H2,(H,30,34)(H,31,35)(H,32,33);1,3-4,7-12,14,16,21,33H,2,5-6,13,15,17H2,(H,27,31)(H,28,32)(H,29,30). The van der Waals surface area contributed by atoms with Crippen LogP contribution in [0.25, 0.3) is 32.7 Å². The Morgan fingerprint density at radius 1 is 0.471 bits per heavy atom. The highest BCUT2D eigenvalue weighted by Crippen LogP contribution is 2.26. The number of benzene rings is 4. The van der Waals surface area contributed by atoms with Crippen molar-refractivity contribution in [1.82, 2.24) is 31.2 Å². The highest BCUT2D eigenvalue weighted by atomic mass is 16.5. The molecule has 0 radical (unpaired) electrons. The largest absolute Gasteiger partial charge is 0.445 e. The van der Waals surface area contributed by atoms with Crippen LogP contribution in [0.5, 0.6) is 0 Å². The van der Waals surface area contributed by atoms with Crippen molar-refractivity contribution in [3.05, 3.63) is 145 Å². The van der Waals surface area contributed by atoms with Crippen LogP contribution in [-0.2, 0) is 35.3 Å². The summed E-state index contributed by atoms with van der Waals surface area (Å²) in [5, 5.41) is 31.1. The van der Waals surface area contributed by atoms with Crippen molar-refractivity contribution in [3.8, 4) is 0 Å². The Morgan fingerprint density at radius 3 is 1.36 bits per heavy atom. The second kappa shape index (κ2) is 26.9. The Morgan fingerprint density at radius 2 is 0.900 bits per heavy atom. The molecule has 362 valence electrons. The number of aromatic nitrogens is 3. The number of anilines is 3. The minimum absolute atomic E-state index is 0.0878. The van der Waals surface area contributed by atoms with Gasteiger partial charge in [-0.25, -0.2) is 15.8 Å². The fraction of sp³-hybridized carbons (Fsp3) is 0.250. The van der Waals surface area contributed by atoms with Gasteiger partial charge in [-0.3, -0.25) is 49.3 Å². The van der Waals surface area contributed by atoms with Gasteiger partial charge in [-0.2, -0.15) is 0 Å². The van der Waals surface area contributed by atoms with Crippen molar-refractivity contribution < 1.29 is 43.9 Å². The van der Waals surface area contributed by atoms with Crippen LogP contribution in [0.1, 0.15) is 69.8 Å². The molecule has 8 N–H and O–H groups in total. The molecule has 4 aromatic carbocycles. The molecule has 70 heavy (non-hydrogen) atoms. The number of nitrogens with one attached hydrogen (secondary N) is 6. The third kappa shape index (κ3) is 15.3. The van der Waals surface area contributed by atoms with Crippen LogP contribution in [-0.4, -0.2) is 67.0 Å². The first-order chi connectivity index (χ1) is 34.1. The van der Waals surface area contributed by atoms with Crippen LogP contribution in [0.15, 0.2) is 140 Å². The fourth-order valence-corrected chi connectivity index (χ4v) is 7.57. The molecule has 1 atom stereocenters. The summed E-state index contributed by atoms with van der Waals surface area (Å²) in [7, 11) is 0. The summed E-state index contributed by atoms with van der Waals surface area (Å²) >= 11 is 0. The van der Waals surface area contributed by atoms with Gasteiger partial charge >= 0.3 is 6.09 Å². The maximum Gasteiger partial charge on any atom is 0.408 e. The van der Waals surface area contributed by atoms with Crippen molar-refractivity contribution in [1.29, 1.82) is 0 Å². The molecule has 0 saturated carbocycles. The van der Waals surface area contributed by atoms with Crippen molar-refractivity contribution in [2.75, 3.05) is 16.0 Å². The van der Waals surface area contributed by atoms with E-state index in [1.807, 2.05) is 103 Å². The third-order valence-corrected chi connectivity index (χ3v) is 11.2. The van der Waals surface area contributed by atoms with Gasteiger partial charge in [-0.15, -0.1) is 0 Å². The summed E-state index contributed by atoms with van der Waals surface area (Å²) in [6.45, 7) is 0.0878. The van der Waals surface area contributed by atoms with E-state index in [1.54, 1.807) is 47.7 Å². The van der Waals surface area contributed by atoms with E-state index < -0.39 is 41.7 Å². The number of carbonyl (C=O) groups is 6. The summed E-state index contributed by atoms with van der Waals surface area (Å²) < 4.78 is 5.28. The van der Waals surface area contributed by atoms with Gasteiger partial charge in [0.1, 0.15) is 18.6 Å². The molecule has 3 aromatic heterocycles. The van der Waals surface area contributed by atoms with E-state index in [9.17, 15) is 28.8 Å². The molecule has 18 heteroatoms. The topological polar surface area (TPSA) is 263 Å². The van der Waals surface area contributed by atoms with Gasteiger partial charge in [-0.1, -0.05) is 111 Å². The third-order valence-electron chi connectivity index (χ3n) is 11.2. The van der Waals surface area contributed by atoms with Crippen LogP contribution in [0, 0.1) is 5.92 Å². The average molecular weight is 950 g/mol. The number of fused-ring (bicyclic) bond motifs is 3. The number of hydrogen-bond donors (Lipinski definition) is 8. The number of pyridine rings is 3. The molecule has 7 aromatic rings. The van der Waals surface area contributed by atoms with E-state index in [-0.39, 0.29) is 31.8 Å². The Hall–Kier alpha value is -8.35. The lowest BCUT2D eigenvalue weighted by atomic mass is 9.98. The number of carbonyl (C=O) groups excluding carboxylic acids is 6. The normalized spacial score (nSPS) is 11.2. The molecule has 6 amide bonds. The second-order valence-corrected chi connectivity index (χ2v) is 16.2. The van der Waals surface area contributed by atoms with Crippen molar-refractivity contribution >= 4 is 85.4 Å².